The third-order valence-corrected chi connectivity index (χ3v) is 3.93. The molecule has 0 saturated carbocycles. The standard InChI is InChI=1S/C21H20/c1-3-17-7-9-18(10-8-17)19-11-13-20(14-12-19)21-6-4-5-16(2)15-21/h4-15H,3H2,1-2H3. The summed E-state index contributed by atoms with van der Waals surface area (Å²) in [5, 5.41) is 0. The van der Waals surface area contributed by atoms with Crippen molar-refractivity contribution < 1.29 is 0 Å². The zero-order valence-corrected chi connectivity index (χ0v) is 12.6. The van der Waals surface area contributed by atoms with Crippen LogP contribution in [0.25, 0.3) is 22.3 Å². The van der Waals surface area contributed by atoms with Gasteiger partial charge in [-0.2, -0.15) is 0 Å². The first-order chi connectivity index (χ1) is 10.3. The monoisotopic (exact) mass is 272 g/mol. The van der Waals surface area contributed by atoms with E-state index in [0.29, 0.717) is 0 Å². The third kappa shape index (κ3) is 3.05. The fourth-order valence-corrected chi connectivity index (χ4v) is 2.61. The van der Waals surface area contributed by atoms with Gasteiger partial charge >= 0.3 is 0 Å². The summed E-state index contributed by atoms with van der Waals surface area (Å²) in [5.74, 6) is 0. The fraction of sp³-hybridized carbons (Fsp3) is 0.143. The molecule has 0 aromatic heterocycles. The maximum Gasteiger partial charge on any atom is -0.0181 e. The molecule has 0 nitrogen and oxygen atoms in total. The van der Waals surface area contributed by atoms with E-state index in [1.807, 2.05) is 0 Å². The smallest absolute Gasteiger partial charge is 0.0181 e. The summed E-state index contributed by atoms with van der Waals surface area (Å²) in [7, 11) is 0. The molecule has 3 aromatic carbocycles. The molecule has 0 saturated heterocycles. The summed E-state index contributed by atoms with van der Waals surface area (Å²) >= 11 is 0. The minimum absolute atomic E-state index is 1.09. The van der Waals surface area contributed by atoms with Gasteiger partial charge in [0.1, 0.15) is 0 Å². The molecule has 3 rings (SSSR count). The molecule has 0 atom stereocenters. The molecule has 104 valence electrons. The average Bonchev–Trinajstić information content (AvgIpc) is 2.55. The summed E-state index contributed by atoms with van der Waals surface area (Å²) < 4.78 is 0. The van der Waals surface area contributed by atoms with Crippen LogP contribution in [0.1, 0.15) is 18.1 Å². The van der Waals surface area contributed by atoms with E-state index in [2.05, 4.69) is 86.6 Å². The first-order valence-electron chi connectivity index (χ1n) is 7.52. The van der Waals surface area contributed by atoms with E-state index in [1.165, 1.54) is 33.4 Å². The van der Waals surface area contributed by atoms with E-state index in [1.54, 1.807) is 0 Å². The highest BCUT2D eigenvalue weighted by molar-refractivity contribution is 5.70. The molecule has 0 aliphatic carbocycles. The van der Waals surface area contributed by atoms with Gasteiger partial charge in [0.05, 0.1) is 0 Å². The molecule has 0 heteroatoms. The third-order valence-electron chi connectivity index (χ3n) is 3.93. The van der Waals surface area contributed by atoms with E-state index >= 15 is 0 Å². The maximum atomic E-state index is 2.23. The lowest BCUT2D eigenvalue weighted by Crippen LogP contribution is -1.83. The van der Waals surface area contributed by atoms with E-state index in [-0.39, 0.29) is 0 Å². The Morgan fingerprint density at radius 3 is 1.67 bits per heavy atom. The van der Waals surface area contributed by atoms with Gasteiger partial charge in [-0.15, -0.1) is 0 Å². The van der Waals surface area contributed by atoms with Gasteiger partial charge in [-0.25, -0.2) is 0 Å². The van der Waals surface area contributed by atoms with Crippen LogP contribution in [0.4, 0.5) is 0 Å². The summed E-state index contributed by atoms with van der Waals surface area (Å²) in [4.78, 5) is 0. The maximum absolute atomic E-state index is 2.23. The van der Waals surface area contributed by atoms with Crippen molar-refractivity contribution in [3.8, 4) is 22.3 Å². The van der Waals surface area contributed by atoms with E-state index in [9.17, 15) is 0 Å². The molecule has 0 unspecified atom stereocenters. The van der Waals surface area contributed by atoms with E-state index in [4.69, 9.17) is 0 Å². The van der Waals surface area contributed by atoms with Crippen LogP contribution >= 0.6 is 0 Å². The van der Waals surface area contributed by atoms with Gasteiger partial charge in [-0.3, -0.25) is 0 Å². The van der Waals surface area contributed by atoms with Crippen LogP contribution in [0.15, 0.2) is 72.8 Å². The first-order valence-corrected chi connectivity index (χ1v) is 7.52. The zero-order chi connectivity index (χ0) is 14.7. The van der Waals surface area contributed by atoms with Crippen LogP contribution in [0.3, 0.4) is 0 Å². The summed E-state index contributed by atoms with van der Waals surface area (Å²) in [6.45, 7) is 4.32. The van der Waals surface area contributed by atoms with Gasteiger partial charge in [-0.05, 0) is 41.2 Å². The first kappa shape index (κ1) is 13.6. The lowest BCUT2D eigenvalue weighted by Gasteiger charge is -2.06. The molecule has 0 amide bonds. The van der Waals surface area contributed by atoms with Crippen molar-refractivity contribution in [1.29, 1.82) is 0 Å². The minimum atomic E-state index is 1.09. The number of hydrogen-bond donors (Lipinski definition) is 0. The van der Waals surface area contributed by atoms with Crippen LogP contribution in [-0.2, 0) is 6.42 Å². The van der Waals surface area contributed by atoms with Gasteiger partial charge in [0, 0.05) is 0 Å². The molecule has 0 aliphatic rings. The van der Waals surface area contributed by atoms with Gasteiger partial charge in [0.15, 0.2) is 0 Å². The van der Waals surface area contributed by atoms with Gasteiger partial charge in [0.25, 0.3) is 0 Å². The molecule has 0 N–H and O–H groups in total. The molecule has 0 heterocycles. The highest BCUT2D eigenvalue weighted by Crippen LogP contribution is 2.25. The van der Waals surface area contributed by atoms with Crippen molar-refractivity contribution in [2.24, 2.45) is 0 Å². The van der Waals surface area contributed by atoms with Gasteiger partial charge < -0.3 is 0 Å². The van der Waals surface area contributed by atoms with Crippen molar-refractivity contribution in [2.75, 3.05) is 0 Å². The summed E-state index contributed by atoms with van der Waals surface area (Å²) in [6, 6.07) is 26.3. The molecule has 21 heavy (non-hydrogen) atoms. The Bertz CT molecular complexity index is 719. The SMILES string of the molecule is CCc1ccc(-c2ccc(-c3cccc(C)c3)cc2)cc1. The molecule has 3 aromatic rings. The number of hydrogen-bond acceptors (Lipinski definition) is 0. The Morgan fingerprint density at radius 2 is 1.14 bits per heavy atom. The Hall–Kier alpha value is -2.34. The quantitative estimate of drug-likeness (QED) is 0.557. The Labute approximate surface area is 127 Å². The van der Waals surface area contributed by atoms with Crippen LogP contribution < -0.4 is 0 Å². The van der Waals surface area contributed by atoms with E-state index < -0.39 is 0 Å². The second-order valence-corrected chi connectivity index (χ2v) is 5.50. The van der Waals surface area contributed by atoms with E-state index in [0.717, 1.165) is 6.42 Å². The van der Waals surface area contributed by atoms with Crippen molar-refractivity contribution in [2.45, 2.75) is 20.3 Å². The Balaban J connectivity index is 1.89. The molecule has 0 spiro atoms. The number of aryl methyl sites for hydroxylation is 2. The highest BCUT2D eigenvalue weighted by atomic mass is 14.1. The van der Waals surface area contributed by atoms with Crippen molar-refractivity contribution in [1.82, 2.24) is 0 Å². The molecule has 0 radical (unpaired) electrons. The molecular formula is C21H20. The minimum Gasteiger partial charge on any atom is -0.0614 e. The lowest BCUT2D eigenvalue weighted by atomic mass is 9.98. The van der Waals surface area contributed by atoms with Gasteiger partial charge in [-0.1, -0.05) is 85.3 Å². The lowest BCUT2D eigenvalue weighted by molar-refractivity contribution is 1.14. The van der Waals surface area contributed by atoms with Crippen LogP contribution in [0.5, 0.6) is 0 Å². The second kappa shape index (κ2) is 5.97. The Morgan fingerprint density at radius 1 is 0.619 bits per heavy atom. The van der Waals surface area contributed by atoms with Crippen LogP contribution in [0, 0.1) is 6.92 Å². The van der Waals surface area contributed by atoms with Crippen molar-refractivity contribution in [3.63, 3.8) is 0 Å². The molecule has 0 fully saturated rings. The topological polar surface area (TPSA) is 0 Å². The number of rotatable bonds is 3. The van der Waals surface area contributed by atoms with Crippen LogP contribution in [-0.4, -0.2) is 0 Å². The molecule has 0 aliphatic heterocycles. The summed E-state index contributed by atoms with van der Waals surface area (Å²) in [5.41, 5.74) is 7.79. The predicted molar refractivity (Wildman–Crippen MR) is 91.4 cm³/mol. The molecule has 0 bridgehead atoms. The van der Waals surface area contributed by atoms with Crippen molar-refractivity contribution in [3.05, 3.63) is 83.9 Å². The average molecular weight is 272 g/mol. The summed E-state index contributed by atoms with van der Waals surface area (Å²) in [6.07, 6.45) is 1.09. The normalized spacial score (nSPS) is 10.6. The Kier molecular flexibility index (Phi) is 3.87. The second-order valence-electron chi connectivity index (χ2n) is 5.50. The van der Waals surface area contributed by atoms with Crippen LogP contribution in [0.2, 0.25) is 0 Å². The molecular weight excluding hydrogens is 252 g/mol. The van der Waals surface area contributed by atoms with Gasteiger partial charge in [0.2, 0.25) is 0 Å². The van der Waals surface area contributed by atoms with Crippen molar-refractivity contribution >= 4 is 0 Å². The highest BCUT2D eigenvalue weighted by Gasteiger charge is 2.01. The fourth-order valence-electron chi connectivity index (χ4n) is 2.61. The number of benzene rings is 3. The zero-order valence-electron chi connectivity index (χ0n) is 12.6. The predicted octanol–water partition coefficient (Wildman–Crippen LogP) is 5.89. The largest absolute Gasteiger partial charge is 0.0614 e.